The maximum atomic E-state index is 4.95. The summed E-state index contributed by atoms with van der Waals surface area (Å²) in [5.41, 5.74) is 0.518. The molecular weight excluding hydrogens is 387 g/mol. The average molecular weight is 422 g/mol. The van der Waals surface area contributed by atoms with Gasteiger partial charge in [0.25, 0.3) is 0 Å². The van der Waals surface area contributed by atoms with E-state index < -0.39 is 0 Å². The lowest BCUT2D eigenvalue weighted by atomic mass is 9.82. The van der Waals surface area contributed by atoms with Gasteiger partial charge in [-0.05, 0) is 57.5 Å². The molecule has 2 heterocycles. The van der Waals surface area contributed by atoms with Crippen molar-refractivity contribution in [1.82, 2.24) is 15.1 Å². The van der Waals surface area contributed by atoms with Gasteiger partial charge in [-0.25, -0.2) is 0 Å². The van der Waals surface area contributed by atoms with Crippen LogP contribution in [0.2, 0.25) is 0 Å². The molecule has 1 atom stereocenters. The third-order valence-corrected chi connectivity index (χ3v) is 5.56. The first-order chi connectivity index (χ1) is 10.1. The lowest BCUT2D eigenvalue weighted by Gasteiger charge is -2.28. The monoisotopic (exact) mass is 422 g/mol. The van der Waals surface area contributed by atoms with Gasteiger partial charge in [0, 0.05) is 32.7 Å². The molecule has 2 fully saturated rings. The van der Waals surface area contributed by atoms with Crippen molar-refractivity contribution in [3.63, 3.8) is 0 Å². The van der Waals surface area contributed by atoms with Crippen LogP contribution in [0.15, 0.2) is 4.99 Å². The molecule has 0 aromatic rings. The Balaban J connectivity index is 0.00000242. The molecule has 0 radical (unpaired) electrons. The van der Waals surface area contributed by atoms with Crippen LogP contribution >= 0.6 is 24.0 Å². The van der Waals surface area contributed by atoms with E-state index in [2.05, 4.69) is 42.9 Å². The minimum absolute atomic E-state index is 0. The van der Waals surface area contributed by atoms with E-state index in [9.17, 15) is 0 Å². The predicted molar refractivity (Wildman–Crippen MR) is 106 cm³/mol. The van der Waals surface area contributed by atoms with Gasteiger partial charge in [-0.15, -0.1) is 24.0 Å². The van der Waals surface area contributed by atoms with Crippen molar-refractivity contribution in [3.05, 3.63) is 0 Å². The minimum Gasteiger partial charge on any atom is -0.357 e. The Bertz CT molecular complexity index is 355. The Morgan fingerprint density at radius 1 is 1.23 bits per heavy atom. The number of guanidine groups is 1. The molecule has 1 N–H and O–H groups in total. The smallest absolute Gasteiger partial charge is 0.193 e. The van der Waals surface area contributed by atoms with E-state index in [1.54, 1.807) is 0 Å². The quantitative estimate of drug-likeness (QED) is 0.420. The van der Waals surface area contributed by atoms with E-state index in [1.807, 2.05) is 0 Å². The van der Waals surface area contributed by atoms with Crippen molar-refractivity contribution in [2.24, 2.45) is 16.3 Å². The molecule has 0 aromatic carbocycles. The number of hydrogen-bond acceptors (Lipinski definition) is 2. The van der Waals surface area contributed by atoms with Crippen molar-refractivity contribution in [1.29, 1.82) is 0 Å². The Hall–Kier alpha value is -0.0400. The predicted octanol–water partition coefficient (Wildman–Crippen LogP) is 3.03. The molecule has 0 aliphatic carbocycles. The first kappa shape index (κ1) is 20.0. The molecule has 130 valence electrons. The van der Waals surface area contributed by atoms with Gasteiger partial charge < -0.3 is 15.1 Å². The fourth-order valence-corrected chi connectivity index (χ4v) is 3.76. The molecule has 0 spiro atoms. The topological polar surface area (TPSA) is 30.9 Å². The number of aliphatic imine (C=N–C) groups is 1. The maximum Gasteiger partial charge on any atom is 0.193 e. The highest BCUT2D eigenvalue weighted by molar-refractivity contribution is 14.0. The van der Waals surface area contributed by atoms with Gasteiger partial charge in [-0.3, -0.25) is 4.99 Å². The maximum absolute atomic E-state index is 4.95. The highest BCUT2D eigenvalue weighted by atomic mass is 127. The number of likely N-dealkylation sites (tertiary alicyclic amines) is 2. The van der Waals surface area contributed by atoms with Crippen LogP contribution in [0.3, 0.4) is 0 Å². The number of hydrogen-bond donors (Lipinski definition) is 1. The largest absolute Gasteiger partial charge is 0.357 e. The molecule has 5 heteroatoms. The Labute approximate surface area is 154 Å². The second kappa shape index (κ2) is 9.30. The summed E-state index contributed by atoms with van der Waals surface area (Å²) in [5.74, 6) is 1.89. The molecule has 2 aliphatic rings. The first-order valence-electron chi connectivity index (χ1n) is 8.84. The summed E-state index contributed by atoms with van der Waals surface area (Å²) >= 11 is 0. The molecule has 2 saturated heterocycles. The Morgan fingerprint density at radius 3 is 2.45 bits per heavy atom. The molecule has 0 saturated carbocycles. The standard InChI is InChI=1S/C17H34N4.HI/c1-5-17(6-2)9-11-21(14-17)16(18-7-3)19-12-15-8-10-20(4)13-15;/h15H,5-14H2,1-4H3,(H,18,19);1H. The number of halogens is 1. The minimum atomic E-state index is 0. The van der Waals surface area contributed by atoms with E-state index in [-0.39, 0.29) is 24.0 Å². The van der Waals surface area contributed by atoms with Crippen molar-refractivity contribution < 1.29 is 0 Å². The van der Waals surface area contributed by atoms with E-state index in [4.69, 9.17) is 4.99 Å². The van der Waals surface area contributed by atoms with E-state index in [0.717, 1.165) is 31.5 Å². The molecule has 0 aromatic heterocycles. The molecule has 1 unspecified atom stereocenters. The highest BCUT2D eigenvalue weighted by Gasteiger charge is 2.36. The lowest BCUT2D eigenvalue weighted by molar-refractivity contribution is 0.276. The van der Waals surface area contributed by atoms with Crippen LogP contribution < -0.4 is 5.32 Å². The van der Waals surface area contributed by atoms with Gasteiger partial charge in [0.15, 0.2) is 5.96 Å². The fraction of sp³-hybridized carbons (Fsp3) is 0.941. The van der Waals surface area contributed by atoms with Gasteiger partial charge in [0.2, 0.25) is 0 Å². The summed E-state index contributed by atoms with van der Waals surface area (Å²) in [5, 5.41) is 3.51. The van der Waals surface area contributed by atoms with Crippen molar-refractivity contribution in [2.45, 2.75) is 46.5 Å². The SMILES string of the molecule is CCNC(=NCC1CCN(C)C1)N1CCC(CC)(CC)C1.I. The first-order valence-corrected chi connectivity index (χ1v) is 8.84. The zero-order chi connectivity index (χ0) is 15.3. The molecule has 2 rings (SSSR count). The molecular formula is C17H35IN4. The number of nitrogens with zero attached hydrogens (tertiary/aromatic N) is 3. The third-order valence-electron chi connectivity index (χ3n) is 5.56. The summed E-state index contributed by atoms with van der Waals surface area (Å²) in [6, 6.07) is 0. The zero-order valence-electron chi connectivity index (χ0n) is 14.9. The van der Waals surface area contributed by atoms with Crippen LogP contribution in [0, 0.1) is 11.3 Å². The molecule has 4 nitrogen and oxygen atoms in total. The summed E-state index contributed by atoms with van der Waals surface area (Å²) in [6.07, 6.45) is 5.18. The van der Waals surface area contributed by atoms with Crippen molar-refractivity contribution >= 4 is 29.9 Å². The summed E-state index contributed by atoms with van der Waals surface area (Å²) in [6.45, 7) is 13.6. The van der Waals surface area contributed by atoms with Crippen LogP contribution in [0.4, 0.5) is 0 Å². The van der Waals surface area contributed by atoms with Crippen LogP contribution in [0.5, 0.6) is 0 Å². The summed E-state index contributed by atoms with van der Waals surface area (Å²) in [7, 11) is 2.21. The van der Waals surface area contributed by atoms with Crippen LogP contribution in [0.1, 0.15) is 46.5 Å². The van der Waals surface area contributed by atoms with E-state index >= 15 is 0 Å². The van der Waals surface area contributed by atoms with Gasteiger partial charge in [-0.2, -0.15) is 0 Å². The number of nitrogens with one attached hydrogen (secondary N) is 1. The molecule has 0 bridgehead atoms. The third kappa shape index (κ3) is 4.98. The van der Waals surface area contributed by atoms with Gasteiger partial charge in [0.05, 0.1) is 0 Å². The summed E-state index contributed by atoms with van der Waals surface area (Å²) in [4.78, 5) is 9.86. The zero-order valence-corrected chi connectivity index (χ0v) is 17.2. The fourth-order valence-electron chi connectivity index (χ4n) is 3.76. The molecule has 0 amide bonds. The van der Waals surface area contributed by atoms with E-state index in [0.29, 0.717) is 5.41 Å². The van der Waals surface area contributed by atoms with Gasteiger partial charge in [-0.1, -0.05) is 13.8 Å². The van der Waals surface area contributed by atoms with Crippen molar-refractivity contribution in [3.8, 4) is 0 Å². The second-order valence-corrected chi connectivity index (χ2v) is 6.99. The van der Waals surface area contributed by atoms with Crippen molar-refractivity contribution in [2.75, 3.05) is 46.3 Å². The van der Waals surface area contributed by atoms with Crippen LogP contribution in [-0.4, -0.2) is 62.1 Å². The van der Waals surface area contributed by atoms with Gasteiger partial charge in [0.1, 0.15) is 0 Å². The molecule has 2 aliphatic heterocycles. The summed E-state index contributed by atoms with van der Waals surface area (Å²) < 4.78 is 0. The highest BCUT2D eigenvalue weighted by Crippen LogP contribution is 2.36. The normalized spacial score (nSPS) is 25.4. The van der Waals surface area contributed by atoms with E-state index in [1.165, 1.54) is 45.3 Å². The Kier molecular flexibility index (Phi) is 8.46. The van der Waals surface area contributed by atoms with Gasteiger partial charge >= 0.3 is 0 Å². The van der Waals surface area contributed by atoms with Crippen LogP contribution in [-0.2, 0) is 0 Å². The number of rotatable bonds is 5. The molecule has 22 heavy (non-hydrogen) atoms. The average Bonchev–Trinajstić information content (AvgIpc) is 3.10. The Morgan fingerprint density at radius 2 is 1.95 bits per heavy atom. The second-order valence-electron chi connectivity index (χ2n) is 6.99. The van der Waals surface area contributed by atoms with Crippen LogP contribution in [0.25, 0.3) is 0 Å². The lowest BCUT2D eigenvalue weighted by Crippen LogP contribution is -2.41.